The van der Waals surface area contributed by atoms with Gasteiger partial charge in [0.05, 0.1) is 39.6 Å². The molecule has 0 aliphatic carbocycles. The maximum atomic E-state index is 14.6. The number of rotatable bonds is 23. The summed E-state index contributed by atoms with van der Waals surface area (Å²) in [4.78, 5) is 15.7. The highest BCUT2D eigenvalue weighted by Gasteiger charge is 2.41. The van der Waals surface area contributed by atoms with Crippen molar-refractivity contribution in [3.8, 4) is 11.5 Å². The lowest BCUT2D eigenvalue weighted by Crippen LogP contribution is -2.46. The van der Waals surface area contributed by atoms with Crippen molar-refractivity contribution in [3.05, 3.63) is 58.7 Å². The highest BCUT2D eigenvalue weighted by Crippen LogP contribution is 2.52. The Labute approximate surface area is 343 Å². The number of fused-ring (bicyclic) bond motifs is 2. The number of para-hydroxylation sites is 2. The number of hydrogen-bond acceptors (Lipinski definition) is 13. The van der Waals surface area contributed by atoms with Crippen LogP contribution < -0.4 is 9.47 Å². The van der Waals surface area contributed by atoms with Crippen LogP contribution in [0.2, 0.25) is 18.1 Å². The molecule has 0 radical (unpaired) electrons. The highest BCUT2D eigenvalue weighted by molar-refractivity contribution is 7.54. The van der Waals surface area contributed by atoms with E-state index in [1.807, 2.05) is 91.0 Å². The molecule has 0 spiro atoms. The molecule has 1 unspecified atom stereocenters. The van der Waals surface area contributed by atoms with Gasteiger partial charge in [0.2, 0.25) is 11.6 Å². The van der Waals surface area contributed by atoms with Gasteiger partial charge in [0.1, 0.15) is 24.1 Å². The first-order valence-corrected chi connectivity index (χ1v) is 26.8. The molecule has 324 valence electrons. The van der Waals surface area contributed by atoms with E-state index in [0.29, 0.717) is 45.7 Å². The molecular weight excluding hydrogens is 786 g/mol. The summed E-state index contributed by atoms with van der Waals surface area (Å²) in [5.74, 6) is -0.203. The Morgan fingerprint density at radius 1 is 0.754 bits per heavy atom. The summed E-state index contributed by atoms with van der Waals surface area (Å²) in [7, 11) is -9.92. The van der Waals surface area contributed by atoms with Gasteiger partial charge in [-0.1, -0.05) is 50.2 Å². The molecule has 2 aromatic carbocycles. The zero-order chi connectivity index (χ0) is 42.3. The van der Waals surface area contributed by atoms with Crippen LogP contribution in [0.15, 0.2) is 36.4 Å². The van der Waals surface area contributed by atoms with Gasteiger partial charge in [0, 0.05) is 75.6 Å². The molecule has 0 aromatic heterocycles. The Balaban J connectivity index is 1.88. The standard InChI is InChI=1S/C41H70N2O11P2Si/c1-13-49-55(44,50-14-2)30-42(25-32-19-17-21-34-28-47-40(7,8)53-37(32)34)27-36(23-24-39(5,6)57(11,12)46)43(31-56(45,51-15-3)52-16-4)26-33-20-18-22-35-29-48-41(9,10)54-38(33)35/h17-22,36,46H,13-16,23-31H2,1-12H3. The van der Waals surface area contributed by atoms with Gasteiger partial charge in [-0.2, -0.15) is 0 Å². The first-order valence-electron chi connectivity index (χ1n) is 20.4. The van der Waals surface area contributed by atoms with Gasteiger partial charge in [-0.05, 0) is 58.7 Å². The van der Waals surface area contributed by atoms with Gasteiger partial charge in [-0.25, -0.2) is 0 Å². The van der Waals surface area contributed by atoms with Crippen molar-refractivity contribution in [2.45, 2.75) is 144 Å². The lowest BCUT2D eigenvalue weighted by atomic mass is 9.99. The largest absolute Gasteiger partial charge is 0.462 e. The number of nitrogens with zero attached hydrogens (tertiary/aromatic N) is 2. The minimum Gasteiger partial charge on any atom is -0.462 e. The van der Waals surface area contributed by atoms with E-state index in [1.165, 1.54) is 0 Å². The Morgan fingerprint density at radius 3 is 1.63 bits per heavy atom. The van der Waals surface area contributed by atoms with Crippen LogP contribution in [0.25, 0.3) is 0 Å². The van der Waals surface area contributed by atoms with Crippen LogP contribution in [0.5, 0.6) is 11.5 Å². The lowest BCUT2D eigenvalue weighted by molar-refractivity contribution is -0.181. The summed E-state index contributed by atoms with van der Waals surface area (Å²) >= 11 is 0. The Hall–Kier alpha value is -1.64. The van der Waals surface area contributed by atoms with Crippen molar-refractivity contribution in [1.82, 2.24) is 9.80 Å². The highest BCUT2D eigenvalue weighted by atomic mass is 31.2. The van der Waals surface area contributed by atoms with Gasteiger partial charge in [-0.3, -0.25) is 18.9 Å². The number of hydrogen-bond donors (Lipinski definition) is 1. The molecule has 13 nitrogen and oxygen atoms in total. The van der Waals surface area contributed by atoms with Gasteiger partial charge >= 0.3 is 15.2 Å². The maximum absolute atomic E-state index is 14.6. The molecule has 1 atom stereocenters. The van der Waals surface area contributed by atoms with Gasteiger partial charge < -0.3 is 41.8 Å². The first-order chi connectivity index (χ1) is 26.6. The molecule has 57 heavy (non-hydrogen) atoms. The Morgan fingerprint density at radius 2 is 1.19 bits per heavy atom. The zero-order valence-electron chi connectivity index (χ0n) is 36.6. The summed E-state index contributed by atoms with van der Waals surface area (Å²) in [5, 5.41) is -0.370. The summed E-state index contributed by atoms with van der Waals surface area (Å²) in [6, 6.07) is 11.7. The van der Waals surface area contributed by atoms with E-state index in [0.717, 1.165) is 33.8 Å². The molecule has 0 bridgehead atoms. The molecule has 0 saturated heterocycles. The van der Waals surface area contributed by atoms with Gasteiger partial charge in [-0.15, -0.1) is 0 Å². The fourth-order valence-electron chi connectivity index (χ4n) is 7.01. The third-order valence-electron chi connectivity index (χ3n) is 10.7. The monoisotopic (exact) mass is 856 g/mol. The fraction of sp³-hybridized carbons (Fsp3) is 0.707. The Kier molecular flexibility index (Phi) is 16.7. The summed E-state index contributed by atoms with van der Waals surface area (Å²) < 4.78 is 77.5. The molecule has 0 saturated carbocycles. The van der Waals surface area contributed by atoms with Gasteiger partial charge in [0.15, 0.2) is 8.32 Å². The van der Waals surface area contributed by atoms with E-state index in [9.17, 15) is 13.9 Å². The molecule has 1 N–H and O–H groups in total. The zero-order valence-corrected chi connectivity index (χ0v) is 39.3. The summed E-state index contributed by atoms with van der Waals surface area (Å²) in [6.45, 7) is 25.6. The van der Waals surface area contributed by atoms with Crippen molar-refractivity contribution in [3.63, 3.8) is 0 Å². The minimum atomic E-state index is -3.66. The van der Waals surface area contributed by atoms with Crippen LogP contribution in [-0.4, -0.2) is 86.1 Å². The normalized spacial score (nSPS) is 17.5. The average molecular weight is 857 g/mol. The third kappa shape index (κ3) is 13.4. The predicted molar refractivity (Wildman–Crippen MR) is 226 cm³/mol. The molecule has 0 amide bonds. The fourth-order valence-corrected chi connectivity index (χ4v) is 11.3. The van der Waals surface area contributed by atoms with Crippen molar-refractivity contribution in [1.29, 1.82) is 0 Å². The molecular formula is C41H70N2O11P2Si. The second kappa shape index (κ2) is 19.8. The van der Waals surface area contributed by atoms with E-state index >= 15 is 0 Å². The molecule has 2 heterocycles. The van der Waals surface area contributed by atoms with Crippen molar-refractivity contribution in [2.24, 2.45) is 0 Å². The number of ether oxygens (including phenoxy) is 4. The maximum Gasteiger partial charge on any atom is 0.344 e. The Bertz CT molecular complexity index is 1700. The average Bonchev–Trinajstić information content (AvgIpc) is 3.09. The van der Waals surface area contributed by atoms with Crippen LogP contribution >= 0.6 is 15.2 Å². The van der Waals surface area contributed by atoms with E-state index in [-0.39, 0.29) is 50.1 Å². The molecule has 16 heteroatoms. The van der Waals surface area contributed by atoms with Crippen LogP contribution in [0.3, 0.4) is 0 Å². The second-order valence-electron chi connectivity index (χ2n) is 17.0. The lowest BCUT2D eigenvalue weighted by Gasteiger charge is -2.41. The predicted octanol–water partition coefficient (Wildman–Crippen LogP) is 9.85. The first kappa shape index (κ1) is 48.0. The van der Waals surface area contributed by atoms with E-state index in [2.05, 4.69) is 23.6 Å². The summed E-state index contributed by atoms with van der Waals surface area (Å²) in [6.07, 6.45) is 1.25. The topological polar surface area (TPSA) is 135 Å². The molecule has 2 aliphatic heterocycles. The van der Waals surface area contributed by atoms with Crippen molar-refractivity contribution < 1.29 is 51.0 Å². The number of benzene rings is 2. The summed E-state index contributed by atoms with van der Waals surface area (Å²) in [5.41, 5.74) is 3.65. The molecule has 2 aliphatic rings. The van der Waals surface area contributed by atoms with E-state index in [1.54, 1.807) is 13.8 Å². The van der Waals surface area contributed by atoms with Crippen molar-refractivity contribution in [2.75, 3.05) is 45.5 Å². The van der Waals surface area contributed by atoms with Crippen LogP contribution in [0, 0.1) is 0 Å². The van der Waals surface area contributed by atoms with Crippen LogP contribution in [0.1, 0.15) is 104 Å². The molecule has 0 fully saturated rings. The SMILES string of the molecule is CCOP(=O)(CN(Cc1cccc2c1OC(C)(C)OC2)CC(CCC(C)(C)[Si](C)(C)O)N(Cc1cccc2c1OC(C)(C)OC2)CP(=O)(OCC)OCC)OCC. The van der Waals surface area contributed by atoms with Crippen molar-refractivity contribution >= 4 is 23.5 Å². The molecule has 2 aromatic rings. The molecule has 4 rings (SSSR count). The quantitative estimate of drug-likeness (QED) is 0.0840. The minimum absolute atomic E-state index is 0.00380. The van der Waals surface area contributed by atoms with E-state index in [4.69, 9.17) is 37.0 Å². The second-order valence-corrected chi connectivity index (χ2v) is 25.5. The van der Waals surface area contributed by atoms with Crippen LogP contribution in [0.4, 0.5) is 0 Å². The smallest absolute Gasteiger partial charge is 0.344 e. The van der Waals surface area contributed by atoms with E-state index < -0.39 is 35.1 Å². The van der Waals surface area contributed by atoms with Gasteiger partial charge in [0.25, 0.3) is 0 Å². The third-order valence-corrected chi connectivity index (χ3v) is 18.4. The van der Waals surface area contributed by atoms with Crippen LogP contribution in [-0.2, 0) is 63.0 Å².